The largest absolute Gasteiger partial charge is 0.360 e. The number of carbonyl (C=O) groups is 1. The molecular weight excluding hydrogens is 388 g/mol. The maximum absolute atomic E-state index is 12.9. The van der Waals surface area contributed by atoms with E-state index in [1.165, 1.54) is 0 Å². The number of aromatic nitrogens is 3. The molecule has 4 aromatic rings. The molecule has 4 rings (SSSR count). The van der Waals surface area contributed by atoms with Crippen LogP contribution in [0.5, 0.6) is 0 Å². The van der Waals surface area contributed by atoms with E-state index in [0.29, 0.717) is 34.1 Å². The van der Waals surface area contributed by atoms with Crippen LogP contribution in [0, 0.1) is 6.92 Å². The van der Waals surface area contributed by atoms with Crippen LogP contribution in [-0.2, 0) is 13.1 Å². The second-order valence-electron chi connectivity index (χ2n) is 6.68. The highest BCUT2D eigenvalue weighted by molar-refractivity contribution is 6.33. The molecule has 6 nitrogen and oxygen atoms in total. The number of imidazole rings is 1. The highest BCUT2D eigenvalue weighted by atomic mass is 35.5. The van der Waals surface area contributed by atoms with Crippen LogP contribution in [-0.4, -0.2) is 20.6 Å². The number of nitrogens with one attached hydrogen (secondary N) is 1. The molecule has 0 aliphatic carbocycles. The van der Waals surface area contributed by atoms with E-state index in [-0.39, 0.29) is 5.91 Å². The summed E-state index contributed by atoms with van der Waals surface area (Å²) in [6, 6.07) is 15.3. The molecule has 0 unspecified atom stereocenters. The summed E-state index contributed by atoms with van der Waals surface area (Å²) in [5.74, 6) is 0.199. The van der Waals surface area contributed by atoms with Gasteiger partial charge in [0.1, 0.15) is 17.0 Å². The Balaban J connectivity index is 1.50. The molecule has 0 bridgehead atoms. The van der Waals surface area contributed by atoms with Crippen molar-refractivity contribution in [3.63, 3.8) is 0 Å². The SMILES string of the molecule is Cc1onc(-c2ccccc2Cl)c1C(=O)NCc1cccc(Cn2ccnc2)c1. The Labute approximate surface area is 173 Å². The molecule has 0 fully saturated rings. The first-order valence-corrected chi connectivity index (χ1v) is 9.52. The predicted molar refractivity (Wildman–Crippen MR) is 111 cm³/mol. The minimum atomic E-state index is -0.251. The molecule has 0 saturated heterocycles. The lowest BCUT2D eigenvalue weighted by atomic mass is 10.1. The van der Waals surface area contributed by atoms with Gasteiger partial charge in [-0.25, -0.2) is 4.98 Å². The van der Waals surface area contributed by atoms with E-state index >= 15 is 0 Å². The van der Waals surface area contributed by atoms with E-state index in [0.717, 1.165) is 17.7 Å². The monoisotopic (exact) mass is 406 g/mol. The zero-order valence-electron chi connectivity index (χ0n) is 15.8. The van der Waals surface area contributed by atoms with E-state index in [1.54, 1.807) is 25.5 Å². The minimum Gasteiger partial charge on any atom is -0.360 e. The second-order valence-corrected chi connectivity index (χ2v) is 7.09. The summed E-state index contributed by atoms with van der Waals surface area (Å²) in [5.41, 5.74) is 3.64. The van der Waals surface area contributed by atoms with Crippen molar-refractivity contribution in [1.29, 1.82) is 0 Å². The van der Waals surface area contributed by atoms with Crippen molar-refractivity contribution >= 4 is 17.5 Å². The van der Waals surface area contributed by atoms with Gasteiger partial charge in [-0.15, -0.1) is 0 Å². The fourth-order valence-electron chi connectivity index (χ4n) is 3.18. The molecular formula is C22H19ClN4O2. The lowest BCUT2D eigenvalue weighted by Crippen LogP contribution is -2.23. The van der Waals surface area contributed by atoms with Gasteiger partial charge in [-0.1, -0.05) is 59.2 Å². The molecule has 0 spiro atoms. The zero-order valence-corrected chi connectivity index (χ0v) is 16.6. The molecule has 0 radical (unpaired) electrons. The van der Waals surface area contributed by atoms with E-state index in [1.807, 2.05) is 47.2 Å². The fourth-order valence-corrected chi connectivity index (χ4v) is 3.40. The summed E-state index contributed by atoms with van der Waals surface area (Å²) in [5, 5.41) is 7.52. The molecule has 0 saturated carbocycles. The maximum atomic E-state index is 12.9. The molecule has 7 heteroatoms. The minimum absolute atomic E-state index is 0.251. The summed E-state index contributed by atoms with van der Waals surface area (Å²) in [6.45, 7) is 2.83. The van der Waals surface area contributed by atoms with Crippen LogP contribution in [0.2, 0.25) is 5.02 Å². The smallest absolute Gasteiger partial charge is 0.257 e. The molecule has 0 aliphatic heterocycles. The Morgan fingerprint density at radius 3 is 2.79 bits per heavy atom. The Bertz CT molecular complexity index is 1140. The summed E-state index contributed by atoms with van der Waals surface area (Å²) >= 11 is 6.27. The van der Waals surface area contributed by atoms with Crippen LogP contribution < -0.4 is 5.32 Å². The molecule has 1 amide bonds. The van der Waals surface area contributed by atoms with Gasteiger partial charge in [-0.05, 0) is 24.1 Å². The van der Waals surface area contributed by atoms with Crippen LogP contribution in [0.3, 0.4) is 0 Å². The zero-order chi connectivity index (χ0) is 20.2. The first-order chi connectivity index (χ1) is 14.1. The van der Waals surface area contributed by atoms with E-state index in [4.69, 9.17) is 16.1 Å². The lowest BCUT2D eigenvalue weighted by molar-refractivity contribution is 0.0950. The third-order valence-corrected chi connectivity index (χ3v) is 4.92. The van der Waals surface area contributed by atoms with Gasteiger partial charge in [0.15, 0.2) is 0 Å². The first kappa shape index (κ1) is 19.0. The Morgan fingerprint density at radius 1 is 1.17 bits per heavy atom. The second kappa shape index (κ2) is 8.32. The number of aryl methyl sites for hydroxylation is 1. The standard InChI is InChI=1S/C22H19ClN4O2/c1-15-20(21(26-29-15)18-7-2-3-8-19(18)23)22(28)25-12-16-5-4-6-17(11-16)13-27-10-9-24-14-27/h2-11,14H,12-13H2,1H3,(H,25,28). The number of benzene rings is 2. The molecule has 0 atom stereocenters. The Kier molecular flexibility index (Phi) is 5.44. The number of amides is 1. The van der Waals surface area contributed by atoms with E-state index in [9.17, 15) is 4.79 Å². The molecule has 146 valence electrons. The summed E-state index contributed by atoms with van der Waals surface area (Å²) < 4.78 is 7.27. The number of halogens is 1. The fraction of sp³-hybridized carbons (Fsp3) is 0.136. The number of rotatable bonds is 6. The van der Waals surface area contributed by atoms with Crippen LogP contribution >= 0.6 is 11.6 Å². The molecule has 29 heavy (non-hydrogen) atoms. The van der Waals surface area contributed by atoms with Crippen LogP contribution in [0.4, 0.5) is 0 Å². The highest BCUT2D eigenvalue weighted by Crippen LogP contribution is 2.30. The van der Waals surface area contributed by atoms with Gasteiger partial charge in [-0.3, -0.25) is 4.79 Å². The van der Waals surface area contributed by atoms with E-state index in [2.05, 4.69) is 21.5 Å². The van der Waals surface area contributed by atoms with Gasteiger partial charge in [0, 0.05) is 31.0 Å². The molecule has 2 heterocycles. The average molecular weight is 407 g/mol. The van der Waals surface area contributed by atoms with Crippen LogP contribution in [0.25, 0.3) is 11.3 Å². The number of nitrogens with zero attached hydrogens (tertiary/aromatic N) is 3. The van der Waals surface area contributed by atoms with Crippen molar-refractivity contribution in [1.82, 2.24) is 20.0 Å². The van der Waals surface area contributed by atoms with Gasteiger partial charge in [0.05, 0.1) is 11.3 Å². The van der Waals surface area contributed by atoms with Gasteiger partial charge in [-0.2, -0.15) is 0 Å². The molecule has 2 aromatic carbocycles. The van der Waals surface area contributed by atoms with Crippen molar-refractivity contribution in [2.75, 3.05) is 0 Å². The van der Waals surface area contributed by atoms with Crippen LogP contribution in [0.15, 0.2) is 71.8 Å². The van der Waals surface area contributed by atoms with Gasteiger partial charge >= 0.3 is 0 Å². The topological polar surface area (TPSA) is 73.0 Å². The lowest BCUT2D eigenvalue weighted by Gasteiger charge is -2.09. The van der Waals surface area contributed by atoms with Gasteiger partial charge in [0.2, 0.25) is 0 Å². The van der Waals surface area contributed by atoms with Crippen molar-refractivity contribution in [3.05, 3.63) is 94.7 Å². The quantitative estimate of drug-likeness (QED) is 0.512. The number of hydrogen-bond donors (Lipinski definition) is 1. The average Bonchev–Trinajstić information content (AvgIpc) is 3.36. The third kappa shape index (κ3) is 4.22. The van der Waals surface area contributed by atoms with Gasteiger partial charge < -0.3 is 14.4 Å². The first-order valence-electron chi connectivity index (χ1n) is 9.15. The van der Waals surface area contributed by atoms with Gasteiger partial charge in [0.25, 0.3) is 5.91 Å². The Morgan fingerprint density at radius 2 is 2.00 bits per heavy atom. The predicted octanol–water partition coefficient (Wildman–Crippen LogP) is 4.48. The van der Waals surface area contributed by atoms with E-state index < -0.39 is 0 Å². The van der Waals surface area contributed by atoms with Crippen molar-refractivity contribution in [2.45, 2.75) is 20.0 Å². The third-order valence-electron chi connectivity index (χ3n) is 4.59. The highest BCUT2D eigenvalue weighted by Gasteiger charge is 2.22. The summed E-state index contributed by atoms with van der Waals surface area (Å²) in [7, 11) is 0. The van der Waals surface area contributed by atoms with Crippen molar-refractivity contribution < 1.29 is 9.32 Å². The molecule has 2 aromatic heterocycles. The number of carbonyl (C=O) groups excluding carboxylic acids is 1. The van der Waals surface area contributed by atoms with Crippen molar-refractivity contribution in [2.24, 2.45) is 0 Å². The van der Waals surface area contributed by atoms with Crippen LogP contribution in [0.1, 0.15) is 27.2 Å². The maximum Gasteiger partial charge on any atom is 0.257 e. The normalized spacial score (nSPS) is 10.8. The summed E-state index contributed by atoms with van der Waals surface area (Å²) in [6.07, 6.45) is 5.45. The molecule has 0 aliphatic rings. The Hall–Kier alpha value is -3.38. The summed E-state index contributed by atoms with van der Waals surface area (Å²) in [4.78, 5) is 16.9. The number of hydrogen-bond acceptors (Lipinski definition) is 4. The molecule has 1 N–H and O–H groups in total. The van der Waals surface area contributed by atoms with Crippen molar-refractivity contribution in [3.8, 4) is 11.3 Å².